The molecule has 0 aliphatic rings. The molecule has 0 bridgehead atoms. The Balaban J connectivity index is 1.79. The van der Waals surface area contributed by atoms with Crippen molar-refractivity contribution in [2.75, 3.05) is 0 Å². The lowest BCUT2D eigenvalue weighted by Gasteiger charge is -2.04. The Hall–Kier alpha value is -1.94. The van der Waals surface area contributed by atoms with E-state index in [0.717, 1.165) is 25.2 Å². The number of hydrogen-bond acceptors (Lipinski definition) is 5. The molecule has 0 radical (unpaired) electrons. The third kappa shape index (κ3) is 5.28. The molecule has 0 aliphatic heterocycles. The molecule has 3 aromatic carbocycles. The molecule has 0 saturated heterocycles. The molecule has 2 N–H and O–H groups in total. The minimum atomic E-state index is -3.80. The van der Waals surface area contributed by atoms with E-state index in [9.17, 15) is 12.8 Å². The van der Waals surface area contributed by atoms with Gasteiger partial charge in [0.25, 0.3) is 0 Å². The second-order valence-corrected chi connectivity index (χ2v) is 11.2. The largest absolute Gasteiger partial charge is 0.238 e. The highest BCUT2D eigenvalue weighted by atomic mass is 35.5. The van der Waals surface area contributed by atoms with E-state index in [1.807, 2.05) is 0 Å². The van der Waals surface area contributed by atoms with Gasteiger partial charge in [-0.15, -0.1) is 11.3 Å². The predicted molar refractivity (Wildman–Crippen MR) is 125 cm³/mol. The van der Waals surface area contributed by atoms with E-state index in [1.54, 1.807) is 42.5 Å². The number of aromatic nitrogens is 1. The van der Waals surface area contributed by atoms with Crippen LogP contribution in [0.3, 0.4) is 0 Å². The maximum atomic E-state index is 13.4. The second-order valence-electron chi connectivity index (χ2n) is 6.44. The second kappa shape index (κ2) is 8.90. The van der Waals surface area contributed by atoms with Crippen LogP contribution in [0, 0.1) is 5.82 Å². The Bertz CT molecular complexity index is 1340. The fraction of sp³-hybridized carbons (Fsp3) is 0. The lowest BCUT2D eigenvalue weighted by molar-refractivity contribution is 0.598. The first-order valence-electron chi connectivity index (χ1n) is 8.73. The van der Waals surface area contributed by atoms with Gasteiger partial charge < -0.3 is 0 Å². The first-order chi connectivity index (χ1) is 14.7. The first-order valence-corrected chi connectivity index (χ1v) is 12.7. The summed E-state index contributed by atoms with van der Waals surface area (Å²) in [5, 5.41) is 6.23. The van der Waals surface area contributed by atoms with Crippen LogP contribution in [0.1, 0.15) is 0 Å². The Kier molecular flexibility index (Phi) is 6.39. The number of primary sulfonamides is 1. The number of rotatable bonds is 5. The van der Waals surface area contributed by atoms with Crippen molar-refractivity contribution >= 4 is 56.3 Å². The molecule has 0 saturated carbocycles. The number of thiazole rings is 1. The fourth-order valence-corrected chi connectivity index (χ4v) is 6.24. The number of benzene rings is 3. The molecule has 1 heterocycles. The quantitative estimate of drug-likeness (QED) is 0.323. The summed E-state index contributed by atoms with van der Waals surface area (Å²) in [7, 11) is -3.80. The van der Waals surface area contributed by atoms with E-state index in [0.29, 0.717) is 15.7 Å². The van der Waals surface area contributed by atoms with Gasteiger partial charge >= 0.3 is 0 Å². The Morgan fingerprint density at radius 2 is 1.48 bits per heavy atom. The van der Waals surface area contributed by atoms with Gasteiger partial charge in [-0.2, -0.15) is 0 Å². The van der Waals surface area contributed by atoms with Gasteiger partial charge in [0.1, 0.15) is 5.82 Å². The number of nitrogens with two attached hydrogens (primary N) is 1. The van der Waals surface area contributed by atoms with Gasteiger partial charge in [-0.05, 0) is 60.2 Å². The molecule has 4 aromatic rings. The molecule has 31 heavy (non-hydrogen) atoms. The van der Waals surface area contributed by atoms with E-state index >= 15 is 0 Å². The molecular formula is C21H13Cl2FN2O2S3. The Morgan fingerprint density at radius 3 is 2.06 bits per heavy atom. The van der Waals surface area contributed by atoms with Crippen molar-refractivity contribution in [3.63, 3.8) is 0 Å². The minimum Gasteiger partial charge on any atom is -0.229 e. The highest BCUT2D eigenvalue weighted by molar-refractivity contribution is 8.01. The smallest absolute Gasteiger partial charge is 0.229 e. The summed E-state index contributed by atoms with van der Waals surface area (Å²) in [6.07, 6.45) is 0. The summed E-state index contributed by atoms with van der Waals surface area (Å²) in [6.45, 7) is 0. The summed E-state index contributed by atoms with van der Waals surface area (Å²) in [6, 6.07) is 17.5. The first kappa shape index (κ1) is 22.3. The number of halogens is 3. The van der Waals surface area contributed by atoms with Crippen LogP contribution in [0.25, 0.3) is 21.7 Å². The van der Waals surface area contributed by atoms with Gasteiger partial charge in [-0.25, -0.2) is 22.9 Å². The van der Waals surface area contributed by atoms with Gasteiger partial charge in [0.05, 0.1) is 15.5 Å². The van der Waals surface area contributed by atoms with E-state index < -0.39 is 10.0 Å². The van der Waals surface area contributed by atoms with Gasteiger partial charge in [0, 0.05) is 20.5 Å². The van der Waals surface area contributed by atoms with E-state index in [1.165, 1.54) is 47.4 Å². The molecule has 1 aromatic heterocycles. The van der Waals surface area contributed by atoms with Crippen LogP contribution in [0.15, 0.2) is 80.9 Å². The highest BCUT2D eigenvalue weighted by Gasteiger charge is 2.17. The molecule has 0 atom stereocenters. The number of sulfonamides is 1. The zero-order valence-corrected chi connectivity index (χ0v) is 19.5. The maximum Gasteiger partial charge on any atom is 0.238 e. The summed E-state index contributed by atoms with van der Waals surface area (Å²) in [5.74, 6) is -0.346. The topological polar surface area (TPSA) is 73.1 Å². The van der Waals surface area contributed by atoms with Gasteiger partial charge in [0.15, 0.2) is 4.34 Å². The van der Waals surface area contributed by atoms with Crippen LogP contribution in [-0.2, 0) is 10.0 Å². The van der Waals surface area contributed by atoms with Crippen LogP contribution in [0.5, 0.6) is 0 Å². The van der Waals surface area contributed by atoms with Crippen molar-refractivity contribution in [3.8, 4) is 21.7 Å². The summed E-state index contributed by atoms with van der Waals surface area (Å²) in [4.78, 5) is 6.40. The van der Waals surface area contributed by atoms with Crippen LogP contribution >= 0.6 is 46.3 Å². The van der Waals surface area contributed by atoms with Crippen molar-refractivity contribution in [2.24, 2.45) is 5.14 Å². The molecule has 0 unspecified atom stereocenters. The van der Waals surface area contributed by atoms with E-state index in [-0.39, 0.29) is 10.7 Å². The van der Waals surface area contributed by atoms with Crippen LogP contribution in [0.2, 0.25) is 10.0 Å². The van der Waals surface area contributed by atoms with E-state index in [2.05, 4.69) is 0 Å². The molecule has 10 heteroatoms. The molecule has 0 fully saturated rings. The zero-order valence-electron chi connectivity index (χ0n) is 15.6. The highest BCUT2D eigenvalue weighted by Crippen LogP contribution is 2.43. The molecule has 0 spiro atoms. The van der Waals surface area contributed by atoms with Gasteiger partial charge in [-0.3, -0.25) is 0 Å². The van der Waals surface area contributed by atoms with E-state index in [4.69, 9.17) is 33.3 Å². The summed E-state index contributed by atoms with van der Waals surface area (Å²) >= 11 is 15.0. The van der Waals surface area contributed by atoms with Gasteiger partial charge in [-0.1, -0.05) is 47.1 Å². The summed E-state index contributed by atoms with van der Waals surface area (Å²) in [5.41, 5.74) is 2.16. The molecular weight excluding hydrogens is 498 g/mol. The van der Waals surface area contributed by atoms with Crippen molar-refractivity contribution < 1.29 is 12.8 Å². The van der Waals surface area contributed by atoms with Crippen molar-refractivity contribution in [3.05, 3.63) is 82.6 Å². The average Bonchev–Trinajstić information content (AvgIpc) is 3.11. The zero-order chi connectivity index (χ0) is 22.2. The van der Waals surface area contributed by atoms with Gasteiger partial charge in [0.2, 0.25) is 10.0 Å². The molecule has 158 valence electrons. The minimum absolute atomic E-state index is 0.0206. The van der Waals surface area contributed by atoms with Crippen LogP contribution < -0.4 is 5.14 Å². The SMILES string of the molecule is NS(=O)(=O)c1ccc(-c2sc(Sc3cc(Cl)cc(Cl)c3)nc2-c2ccc(F)cc2)cc1. The standard InChI is InChI=1S/C21H13Cl2FN2O2S3/c22-14-9-15(23)11-17(10-14)29-21-26-19(12-1-5-16(24)6-2-12)20(30-21)13-3-7-18(8-4-13)31(25,27)28/h1-11H,(H2,25,27,28). The molecule has 0 amide bonds. The monoisotopic (exact) mass is 510 g/mol. The molecule has 4 rings (SSSR count). The van der Waals surface area contributed by atoms with Crippen LogP contribution in [0.4, 0.5) is 4.39 Å². The number of hydrogen-bond donors (Lipinski definition) is 1. The average molecular weight is 511 g/mol. The lowest BCUT2D eigenvalue weighted by atomic mass is 10.1. The lowest BCUT2D eigenvalue weighted by Crippen LogP contribution is -2.11. The Labute approximate surface area is 196 Å². The third-order valence-corrected chi connectivity index (χ3v) is 7.71. The Morgan fingerprint density at radius 1 is 0.903 bits per heavy atom. The summed E-state index contributed by atoms with van der Waals surface area (Å²) < 4.78 is 37.3. The van der Waals surface area contributed by atoms with Crippen molar-refractivity contribution in [2.45, 2.75) is 14.1 Å². The molecule has 4 nitrogen and oxygen atoms in total. The normalized spacial score (nSPS) is 11.6. The maximum absolute atomic E-state index is 13.4. The number of nitrogens with zero attached hydrogens (tertiary/aromatic N) is 1. The molecule has 0 aliphatic carbocycles. The fourth-order valence-electron chi connectivity index (χ4n) is 2.83. The van der Waals surface area contributed by atoms with Crippen molar-refractivity contribution in [1.29, 1.82) is 0 Å². The predicted octanol–water partition coefficient (Wildman–Crippen LogP) is 6.72. The third-order valence-electron chi connectivity index (χ3n) is 4.21. The van der Waals surface area contributed by atoms with Crippen molar-refractivity contribution in [1.82, 2.24) is 4.98 Å². The van der Waals surface area contributed by atoms with Crippen LogP contribution in [-0.4, -0.2) is 13.4 Å².